The van der Waals surface area contributed by atoms with Gasteiger partial charge in [-0.1, -0.05) is 43.3 Å². The van der Waals surface area contributed by atoms with Gasteiger partial charge in [-0.2, -0.15) is 5.26 Å². The third kappa shape index (κ3) is 4.99. The van der Waals surface area contributed by atoms with Gasteiger partial charge in [0.1, 0.15) is 17.4 Å². The Balaban J connectivity index is 1.93. The number of rotatable bonds is 6. The molecule has 0 radical (unpaired) electrons. The van der Waals surface area contributed by atoms with Crippen molar-refractivity contribution in [2.24, 2.45) is 0 Å². The van der Waals surface area contributed by atoms with E-state index in [9.17, 15) is 9.90 Å². The predicted octanol–water partition coefficient (Wildman–Crippen LogP) is 3.22. The zero-order valence-electron chi connectivity index (χ0n) is 13.6. The van der Waals surface area contributed by atoms with Crippen molar-refractivity contribution in [1.29, 1.82) is 5.26 Å². The first-order valence-corrected chi connectivity index (χ1v) is 7.89. The number of nitriles is 1. The standard InChI is InChI=1S/C20H20N2O2/c1-2-15-6-8-16(9-7-15)10-11-22-20(24)18(14-21)12-17-4-3-5-19(23)13-17/h3-9,12-13,23H,2,10-11H2,1H3,(H,22,24)/b18-12+. The molecule has 24 heavy (non-hydrogen) atoms. The van der Waals surface area contributed by atoms with E-state index in [1.807, 2.05) is 6.07 Å². The van der Waals surface area contributed by atoms with E-state index in [4.69, 9.17) is 5.26 Å². The van der Waals surface area contributed by atoms with Crippen LogP contribution in [0.5, 0.6) is 5.75 Å². The number of hydrogen-bond donors (Lipinski definition) is 2. The number of carbonyl (C=O) groups is 1. The Morgan fingerprint density at radius 2 is 1.92 bits per heavy atom. The van der Waals surface area contributed by atoms with Crippen molar-refractivity contribution >= 4 is 12.0 Å². The number of nitrogens with one attached hydrogen (secondary N) is 1. The van der Waals surface area contributed by atoms with Crippen LogP contribution < -0.4 is 5.32 Å². The predicted molar refractivity (Wildman–Crippen MR) is 94.2 cm³/mol. The fourth-order valence-corrected chi connectivity index (χ4v) is 2.29. The summed E-state index contributed by atoms with van der Waals surface area (Å²) in [5.74, 6) is -0.317. The second-order valence-electron chi connectivity index (χ2n) is 5.44. The second kappa shape index (κ2) is 8.54. The van der Waals surface area contributed by atoms with Crippen LogP contribution in [0.25, 0.3) is 6.08 Å². The number of aromatic hydroxyl groups is 1. The number of amides is 1. The molecule has 2 rings (SSSR count). The summed E-state index contributed by atoms with van der Waals surface area (Å²) in [6, 6.07) is 16.6. The molecule has 0 aliphatic heterocycles. The molecule has 0 fully saturated rings. The number of aryl methyl sites for hydroxylation is 1. The zero-order chi connectivity index (χ0) is 17.4. The van der Waals surface area contributed by atoms with Gasteiger partial charge in [-0.3, -0.25) is 4.79 Å². The van der Waals surface area contributed by atoms with E-state index in [-0.39, 0.29) is 11.3 Å². The smallest absolute Gasteiger partial charge is 0.261 e. The molecule has 0 atom stereocenters. The van der Waals surface area contributed by atoms with E-state index < -0.39 is 5.91 Å². The molecule has 0 aliphatic carbocycles. The first kappa shape index (κ1) is 17.3. The van der Waals surface area contributed by atoms with E-state index >= 15 is 0 Å². The van der Waals surface area contributed by atoms with Gasteiger partial charge in [-0.25, -0.2) is 0 Å². The summed E-state index contributed by atoms with van der Waals surface area (Å²) in [5.41, 5.74) is 3.05. The maximum absolute atomic E-state index is 12.1. The third-order valence-corrected chi connectivity index (χ3v) is 3.68. The Labute approximate surface area is 142 Å². The third-order valence-electron chi connectivity index (χ3n) is 3.68. The Morgan fingerprint density at radius 3 is 2.54 bits per heavy atom. The molecule has 0 spiro atoms. The Hall–Kier alpha value is -3.06. The molecule has 0 saturated heterocycles. The topological polar surface area (TPSA) is 73.1 Å². The van der Waals surface area contributed by atoms with Crippen LogP contribution in [0.4, 0.5) is 0 Å². The first-order chi connectivity index (χ1) is 11.6. The van der Waals surface area contributed by atoms with Crippen LogP contribution in [0.3, 0.4) is 0 Å². The van der Waals surface area contributed by atoms with Gasteiger partial charge in [0, 0.05) is 6.54 Å². The molecule has 122 valence electrons. The number of phenolic OH excluding ortho intramolecular Hbond substituents is 1. The lowest BCUT2D eigenvalue weighted by Gasteiger charge is -2.05. The summed E-state index contributed by atoms with van der Waals surface area (Å²) in [6.07, 6.45) is 3.17. The molecule has 0 saturated carbocycles. The lowest BCUT2D eigenvalue weighted by atomic mass is 10.1. The van der Waals surface area contributed by atoms with Gasteiger partial charge < -0.3 is 10.4 Å². The molecule has 1 amide bonds. The molecule has 2 aromatic carbocycles. The van der Waals surface area contributed by atoms with Crippen molar-refractivity contribution in [3.8, 4) is 11.8 Å². The highest BCUT2D eigenvalue weighted by molar-refractivity contribution is 6.01. The summed E-state index contributed by atoms with van der Waals surface area (Å²) < 4.78 is 0. The Bertz CT molecular complexity index is 771. The van der Waals surface area contributed by atoms with Crippen LogP contribution in [0.2, 0.25) is 0 Å². The molecule has 0 heterocycles. The first-order valence-electron chi connectivity index (χ1n) is 7.89. The average Bonchev–Trinajstić information content (AvgIpc) is 2.60. The molecule has 0 bridgehead atoms. The molecule has 4 heteroatoms. The van der Waals surface area contributed by atoms with Gasteiger partial charge in [0.25, 0.3) is 5.91 Å². The van der Waals surface area contributed by atoms with Gasteiger partial charge >= 0.3 is 0 Å². The van der Waals surface area contributed by atoms with Crippen LogP contribution in [0.1, 0.15) is 23.6 Å². The highest BCUT2D eigenvalue weighted by atomic mass is 16.3. The zero-order valence-corrected chi connectivity index (χ0v) is 13.6. The molecular weight excluding hydrogens is 300 g/mol. The Kier molecular flexibility index (Phi) is 6.16. The van der Waals surface area contributed by atoms with Crippen molar-refractivity contribution < 1.29 is 9.90 Å². The van der Waals surface area contributed by atoms with Gasteiger partial charge in [0.05, 0.1) is 0 Å². The maximum atomic E-state index is 12.1. The van der Waals surface area contributed by atoms with Gasteiger partial charge in [-0.05, 0) is 47.7 Å². The minimum Gasteiger partial charge on any atom is -0.508 e. The highest BCUT2D eigenvalue weighted by Gasteiger charge is 2.08. The monoisotopic (exact) mass is 320 g/mol. The van der Waals surface area contributed by atoms with Gasteiger partial charge in [0.2, 0.25) is 0 Å². The largest absolute Gasteiger partial charge is 0.508 e. The molecule has 0 unspecified atom stereocenters. The lowest BCUT2D eigenvalue weighted by Crippen LogP contribution is -2.26. The SMILES string of the molecule is CCc1ccc(CCNC(=O)/C(C#N)=C/c2cccc(O)c2)cc1. The summed E-state index contributed by atoms with van der Waals surface area (Å²) in [4.78, 5) is 12.1. The fraction of sp³-hybridized carbons (Fsp3) is 0.200. The summed E-state index contributed by atoms with van der Waals surface area (Å²) in [6.45, 7) is 2.57. The summed E-state index contributed by atoms with van der Waals surface area (Å²) in [5, 5.41) is 21.3. The molecule has 4 nitrogen and oxygen atoms in total. The maximum Gasteiger partial charge on any atom is 0.261 e. The van der Waals surface area contributed by atoms with Crippen molar-refractivity contribution in [1.82, 2.24) is 5.32 Å². The van der Waals surface area contributed by atoms with E-state index in [1.165, 1.54) is 23.8 Å². The van der Waals surface area contributed by atoms with E-state index in [2.05, 4.69) is 36.5 Å². The van der Waals surface area contributed by atoms with Gasteiger partial charge in [0.15, 0.2) is 0 Å². The normalized spacial score (nSPS) is 10.9. The Morgan fingerprint density at radius 1 is 1.21 bits per heavy atom. The molecule has 2 aromatic rings. The number of carbonyl (C=O) groups excluding carboxylic acids is 1. The van der Waals surface area contributed by atoms with Crippen molar-refractivity contribution in [2.45, 2.75) is 19.8 Å². The van der Waals surface area contributed by atoms with E-state index in [0.29, 0.717) is 18.5 Å². The van der Waals surface area contributed by atoms with Crippen LogP contribution in [-0.4, -0.2) is 17.6 Å². The minimum atomic E-state index is -0.411. The number of hydrogen-bond acceptors (Lipinski definition) is 3. The molecule has 2 N–H and O–H groups in total. The van der Waals surface area contributed by atoms with Crippen molar-refractivity contribution in [2.75, 3.05) is 6.54 Å². The fourth-order valence-electron chi connectivity index (χ4n) is 2.29. The van der Waals surface area contributed by atoms with Crippen LogP contribution in [0.15, 0.2) is 54.1 Å². The quantitative estimate of drug-likeness (QED) is 0.634. The number of phenols is 1. The summed E-state index contributed by atoms with van der Waals surface area (Å²) >= 11 is 0. The molecule has 0 aromatic heterocycles. The average molecular weight is 320 g/mol. The molecular formula is C20H20N2O2. The number of benzene rings is 2. The van der Waals surface area contributed by atoms with Crippen LogP contribution >= 0.6 is 0 Å². The van der Waals surface area contributed by atoms with Crippen molar-refractivity contribution in [3.63, 3.8) is 0 Å². The highest BCUT2D eigenvalue weighted by Crippen LogP contribution is 2.14. The summed E-state index contributed by atoms with van der Waals surface area (Å²) in [7, 11) is 0. The lowest BCUT2D eigenvalue weighted by molar-refractivity contribution is -0.117. The van der Waals surface area contributed by atoms with E-state index in [1.54, 1.807) is 12.1 Å². The number of nitrogens with zero attached hydrogens (tertiary/aromatic N) is 1. The van der Waals surface area contributed by atoms with Crippen molar-refractivity contribution in [3.05, 3.63) is 70.8 Å². The van der Waals surface area contributed by atoms with E-state index in [0.717, 1.165) is 12.0 Å². The van der Waals surface area contributed by atoms with Gasteiger partial charge in [-0.15, -0.1) is 0 Å². The second-order valence-corrected chi connectivity index (χ2v) is 5.44. The van der Waals surface area contributed by atoms with Crippen LogP contribution in [0, 0.1) is 11.3 Å². The van der Waals surface area contributed by atoms with Crippen LogP contribution in [-0.2, 0) is 17.6 Å². The molecule has 0 aliphatic rings. The minimum absolute atomic E-state index is 0.0157.